The van der Waals surface area contributed by atoms with Gasteiger partial charge in [-0.3, -0.25) is 0 Å². The standard InChI is InChI=1S/C18H27N7O2/c1-24(2)13-10-25(11-14(13)26-3)15-6-8-19-18(21-15)20-9-7-16-22-17(23-27-16)12-4-5-12/h6,8,12-14H,4-5,7,9-11H2,1-3H3,(H,19,20,21)/t13-,14+/m0/s1. The average Bonchev–Trinajstić information content (AvgIpc) is 3.25. The van der Waals surface area contributed by atoms with E-state index in [-0.39, 0.29) is 6.10 Å². The van der Waals surface area contributed by atoms with Crippen LogP contribution < -0.4 is 10.2 Å². The van der Waals surface area contributed by atoms with Crippen molar-refractivity contribution in [3.63, 3.8) is 0 Å². The zero-order valence-electron chi connectivity index (χ0n) is 16.1. The molecule has 0 aromatic carbocycles. The molecule has 0 amide bonds. The normalized spacial score (nSPS) is 22.6. The van der Waals surface area contributed by atoms with Crippen LogP contribution in [-0.2, 0) is 11.2 Å². The summed E-state index contributed by atoms with van der Waals surface area (Å²) in [4.78, 5) is 17.9. The molecule has 2 aromatic heterocycles. The second-order valence-electron chi connectivity index (χ2n) is 7.45. The zero-order chi connectivity index (χ0) is 18.8. The van der Waals surface area contributed by atoms with E-state index in [1.807, 2.05) is 6.07 Å². The van der Waals surface area contributed by atoms with Crippen molar-refractivity contribution in [1.29, 1.82) is 0 Å². The molecule has 0 bridgehead atoms. The molecule has 0 spiro atoms. The van der Waals surface area contributed by atoms with Crippen LogP contribution in [0.1, 0.15) is 30.5 Å². The second-order valence-corrected chi connectivity index (χ2v) is 7.45. The number of ether oxygens (including phenoxy) is 1. The van der Waals surface area contributed by atoms with Crippen LogP contribution >= 0.6 is 0 Å². The second kappa shape index (κ2) is 7.77. The smallest absolute Gasteiger partial charge is 0.228 e. The molecular formula is C18H27N7O2. The fraction of sp³-hybridized carbons (Fsp3) is 0.667. The molecule has 9 nitrogen and oxygen atoms in total. The number of aromatic nitrogens is 4. The van der Waals surface area contributed by atoms with Crippen molar-refractivity contribution < 1.29 is 9.26 Å². The quantitative estimate of drug-likeness (QED) is 0.731. The molecule has 1 N–H and O–H groups in total. The van der Waals surface area contributed by atoms with Crippen LogP contribution in [0, 0.1) is 0 Å². The van der Waals surface area contributed by atoms with E-state index in [0.717, 1.165) is 24.7 Å². The van der Waals surface area contributed by atoms with Gasteiger partial charge < -0.3 is 24.4 Å². The van der Waals surface area contributed by atoms with Crippen LogP contribution in [0.3, 0.4) is 0 Å². The van der Waals surface area contributed by atoms with Gasteiger partial charge in [-0.1, -0.05) is 5.16 Å². The Morgan fingerprint density at radius 1 is 1.30 bits per heavy atom. The first-order chi connectivity index (χ1) is 13.1. The molecule has 1 saturated carbocycles. The van der Waals surface area contributed by atoms with Gasteiger partial charge in [-0.2, -0.15) is 9.97 Å². The summed E-state index contributed by atoms with van der Waals surface area (Å²) in [5, 5.41) is 7.29. The van der Waals surface area contributed by atoms with Crippen molar-refractivity contribution in [2.24, 2.45) is 0 Å². The molecule has 2 fully saturated rings. The van der Waals surface area contributed by atoms with Crippen molar-refractivity contribution in [3.05, 3.63) is 24.0 Å². The Hall–Kier alpha value is -2.26. The van der Waals surface area contributed by atoms with Gasteiger partial charge in [-0.15, -0.1) is 0 Å². The fourth-order valence-electron chi connectivity index (χ4n) is 3.44. The van der Waals surface area contributed by atoms with Crippen molar-refractivity contribution in [2.75, 3.05) is 51.1 Å². The van der Waals surface area contributed by atoms with Gasteiger partial charge in [0, 0.05) is 45.3 Å². The molecule has 2 atom stereocenters. The predicted octanol–water partition coefficient (Wildman–Crippen LogP) is 1.16. The van der Waals surface area contributed by atoms with E-state index in [4.69, 9.17) is 9.26 Å². The van der Waals surface area contributed by atoms with Crippen LogP contribution in [0.15, 0.2) is 16.8 Å². The maximum Gasteiger partial charge on any atom is 0.228 e. The van der Waals surface area contributed by atoms with Gasteiger partial charge in [0.25, 0.3) is 0 Å². The average molecular weight is 373 g/mol. The summed E-state index contributed by atoms with van der Waals surface area (Å²) in [6.45, 7) is 2.35. The van der Waals surface area contributed by atoms with Crippen LogP contribution in [-0.4, -0.2) is 78.0 Å². The molecule has 0 radical (unpaired) electrons. The van der Waals surface area contributed by atoms with Gasteiger partial charge in [-0.25, -0.2) is 4.98 Å². The Morgan fingerprint density at radius 3 is 2.85 bits per heavy atom. The summed E-state index contributed by atoms with van der Waals surface area (Å²) in [5.74, 6) is 3.54. The molecule has 1 aliphatic carbocycles. The number of anilines is 2. The Bertz CT molecular complexity index is 762. The SMILES string of the molecule is CO[C@@H]1CN(c2ccnc(NCCc3nc(C4CC4)no3)n2)C[C@@H]1N(C)C. The minimum absolute atomic E-state index is 0.171. The third-order valence-electron chi connectivity index (χ3n) is 5.22. The Morgan fingerprint density at radius 2 is 2.15 bits per heavy atom. The number of rotatable bonds is 8. The molecule has 1 saturated heterocycles. The van der Waals surface area contributed by atoms with E-state index in [1.54, 1.807) is 13.3 Å². The Kier molecular flexibility index (Phi) is 5.22. The lowest BCUT2D eigenvalue weighted by Crippen LogP contribution is -2.39. The Balaban J connectivity index is 1.33. The van der Waals surface area contributed by atoms with Crippen molar-refractivity contribution >= 4 is 11.8 Å². The van der Waals surface area contributed by atoms with Gasteiger partial charge in [0.2, 0.25) is 11.8 Å². The highest BCUT2D eigenvalue weighted by Gasteiger charge is 2.35. The first-order valence-electron chi connectivity index (χ1n) is 9.47. The molecule has 1 aliphatic heterocycles. The molecule has 27 heavy (non-hydrogen) atoms. The van der Waals surface area contributed by atoms with E-state index >= 15 is 0 Å². The minimum Gasteiger partial charge on any atom is -0.378 e. The summed E-state index contributed by atoms with van der Waals surface area (Å²) in [6, 6.07) is 2.29. The number of methoxy groups -OCH3 is 1. The van der Waals surface area contributed by atoms with Crippen LogP contribution in [0.25, 0.3) is 0 Å². The van der Waals surface area contributed by atoms with Crippen LogP contribution in [0.2, 0.25) is 0 Å². The molecule has 2 aliphatic rings. The lowest BCUT2D eigenvalue weighted by molar-refractivity contribution is 0.0639. The van der Waals surface area contributed by atoms with Gasteiger partial charge in [0.05, 0.1) is 12.1 Å². The van der Waals surface area contributed by atoms with Crippen LogP contribution in [0.4, 0.5) is 11.8 Å². The highest BCUT2D eigenvalue weighted by molar-refractivity contribution is 5.44. The third kappa shape index (κ3) is 4.19. The summed E-state index contributed by atoms with van der Waals surface area (Å²) in [6.07, 6.45) is 4.96. The summed E-state index contributed by atoms with van der Waals surface area (Å²) in [5.41, 5.74) is 0. The Labute approximate surface area is 159 Å². The van der Waals surface area contributed by atoms with Gasteiger partial charge >= 0.3 is 0 Å². The topological polar surface area (TPSA) is 92.4 Å². The van der Waals surface area contributed by atoms with Crippen molar-refractivity contribution in [1.82, 2.24) is 25.0 Å². The number of hydrogen-bond donors (Lipinski definition) is 1. The first kappa shape index (κ1) is 18.1. The van der Waals surface area contributed by atoms with Gasteiger partial charge in [-0.05, 0) is 33.0 Å². The van der Waals surface area contributed by atoms with E-state index in [0.29, 0.717) is 36.8 Å². The molecule has 4 rings (SSSR count). The lowest BCUT2D eigenvalue weighted by atomic mass is 10.2. The van der Waals surface area contributed by atoms with Crippen LogP contribution in [0.5, 0.6) is 0 Å². The molecule has 0 unspecified atom stereocenters. The molecule has 3 heterocycles. The largest absolute Gasteiger partial charge is 0.378 e. The third-order valence-corrected chi connectivity index (χ3v) is 5.22. The highest BCUT2D eigenvalue weighted by Crippen LogP contribution is 2.38. The number of nitrogens with one attached hydrogen (secondary N) is 1. The van der Waals surface area contributed by atoms with Crippen molar-refractivity contribution in [2.45, 2.75) is 37.3 Å². The number of hydrogen-bond acceptors (Lipinski definition) is 9. The lowest BCUT2D eigenvalue weighted by Gasteiger charge is -2.23. The van der Waals surface area contributed by atoms with Crippen molar-refractivity contribution in [3.8, 4) is 0 Å². The molecule has 146 valence electrons. The molecular weight excluding hydrogens is 346 g/mol. The van der Waals surface area contributed by atoms with E-state index < -0.39 is 0 Å². The minimum atomic E-state index is 0.171. The first-order valence-corrected chi connectivity index (χ1v) is 9.47. The fourth-order valence-corrected chi connectivity index (χ4v) is 3.44. The maximum atomic E-state index is 5.64. The molecule has 9 heteroatoms. The maximum absolute atomic E-state index is 5.64. The highest BCUT2D eigenvalue weighted by atomic mass is 16.5. The summed E-state index contributed by atoms with van der Waals surface area (Å²) in [7, 11) is 5.93. The number of nitrogens with zero attached hydrogens (tertiary/aromatic N) is 6. The van der Waals surface area contributed by atoms with E-state index in [1.165, 1.54) is 12.8 Å². The summed E-state index contributed by atoms with van der Waals surface area (Å²) >= 11 is 0. The van der Waals surface area contributed by atoms with Gasteiger partial charge in [0.1, 0.15) is 5.82 Å². The van der Waals surface area contributed by atoms with E-state index in [2.05, 4.69) is 49.3 Å². The number of likely N-dealkylation sites (N-methyl/N-ethyl adjacent to an activating group) is 1. The summed E-state index contributed by atoms with van der Waals surface area (Å²) < 4.78 is 10.9. The molecule has 2 aromatic rings. The monoisotopic (exact) mass is 373 g/mol. The zero-order valence-corrected chi connectivity index (χ0v) is 16.1. The predicted molar refractivity (Wildman–Crippen MR) is 101 cm³/mol. The van der Waals surface area contributed by atoms with E-state index in [9.17, 15) is 0 Å². The van der Waals surface area contributed by atoms with Gasteiger partial charge in [0.15, 0.2) is 5.82 Å².